The zero-order valence-corrected chi connectivity index (χ0v) is 27.7. The summed E-state index contributed by atoms with van der Waals surface area (Å²) in [5, 5.41) is 0. The predicted molar refractivity (Wildman–Crippen MR) is 160 cm³/mol. The van der Waals surface area contributed by atoms with Crippen LogP contribution in [0.1, 0.15) is 182 Å². The molecular formula is C32H68IP. The lowest BCUT2D eigenvalue weighted by atomic mass is 10.1. The average Bonchev–Trinajstić information content (AvgIpc) is 2.83. The van der Waals surface area contributed by atoms with Crippen LogP contribution in [-0.4, -0.2) is 24.6 Å². The summed E-state index contributed by atoms with van der Waals surface area (Å²) in [4.78, 5) is 0. The molecule has 0 rings (SSSR count). The van der Waals surface area contributed by atoms with E-state index in [1.54, 1.807) is 50.3 Å². The summed E-state index contributed by atoms with van der Waals surface area (Å²) in [5.74, 6) is 0. The molecule has 0 amide bonds. The third-order valence-corrected chi connectivity index (χ3v) is 13.0. The van der Waals surface area contributed by atoms with E-state index >= 15 is 0 Å². The van der Waals surface area contributed by atoms with Gasteiger partial charge in [-0.25, -0.2) is 0 Å². The molecule has 0 aliphatic carbocycles. The molecule has 0 bridgehead atoms. The maximum absolute atomic E-state index is 2.37. The molecule has 0 fully saturated rings. The van der Waals surface area contributed by atoms with Crippen LogP contribution in [0.5, 0.6) is 0 Å². The van der Waals surface area contributed by atoms with Crippen molar-refractivity contribution in [2.45, 2.75) is 182 Å². The van der Waals surface area contributed by atoms with Crippen LogP contribution in [0.4, 0.5) is 0 Å². The Labute approximate surface area is 236 Å². The van der Waals surface area contributed by atoms with Gasteiger partial charge in [-0.1, -0.05) is 130 Å². The number of rotatable bonds is 28. The zero-order chi connectivity index (χ0) is 24.3. The lowest BCUT2D eigenvalue weighted by Crippen LogP contribution is -3.00. The van der Waals surface area contributed by atoms with Crippen molar-refractivity contribution in [1.29, 1.82) is 0 Å². The van der Waals surface area contributed by atoms with Crippen molar-refractivity contribution in [3.8, 4) is 0 Å². The Bertz CT molecular complexity index is 323. The van der Waals surface area contributed by atoms with E-state index in [4.69, 9.17) is 0 Å². The van der Waals surface area contributed by atoms with Gasteiger partial charge in [0.1, 0.15) is 0 Å². The minimum atomic E-state index is -0.709. The first-order chi connectivity index (χ1) is 16.2. The molecule has 0 aliphatic rings. The van der Waals surface area contributed by atoms with Gasteiger partial charge in [0, 0.05) is 7.26 Å². The van der Waals surface area contributed by atoms with E-state index in [0.29, 0.717) is 0 Å². The molecule has 0 spiro atoms. The standard InChI is InChI=1S/C32H68P.HI/c1-5-9-13-17-19-21-23-27-31-33(29-25-15-11-7-3,30-26-16-12-8-4)32-28-24-22-20-18-14-10-6-2;/h5-32H2,1-4H3;1H/q+1;/p-1. The summed E-state index contributed by atoms with van der Waals surface area (Å²) in [5.41, 5.74) is 0. The third-order valence-electron chi connectivity index (χ3n) is 7.94. The molecule has 2 heteroatoms. The van der Waals surface area contributed by atoms with Gasteiger partial charge in [0.2, 0.25) is 0 Å². The number of hydrogen-bond donors (Lipinski definition) is 0. The summed E-state index contributed by atoms with van der Waals surface area (Å²) in [6, 6.07) is 0. The molecule has 0 unspecified atom stereocenters. The monoisotopic (exact) mass is 610 g/mol. The Morgan fingerprint density at radius 1 is 0.265 bits per heavy atom. The average molecular weight is 611 g/mol. The van der Waals surface area contributed by atoms with Gasteiger partial charge in [0.05, 0.1) is 24.6 Å². The summed E-state index contributed by atoms with van der Waals surface area (Å²) in [6.07, 6.45) is 42.1. The van der Waals surface area contributed by atoms with Gasteiger partial charge in [-0.3, -0.25) is 0 Å². The van der Waals surface area contributed by atoms with Gasteiger partial charge < -0.3 is 24.0 Å². The van der Waals surface area contributed by atoms with Crippen LogP contribution >= 0.6 is 7.26 Å². The highest BCUT2D eigenvalue weighted by molar-refractivity contribution is 7.75. The van der Waals surface area contributed by atoms with E-state index in [1.165, 1.54) is 128 Å². The third kappa shape index (κ3) is 24.8. The Morgan fingerprint density at radius 3 is 0.676 bits per heavy atom. The van der Waals surface area contributed by atoms with Crippen molar-refractivity contribution in [3.05, 3.63) is 0 Å². The van der Waals surface area contributed by atoms with Crippen LogP contribution in [-0.2, 0) is 0 Å². The number of unbranched alkanes of at least 4 members (excludes halogenated alkanes) is 20. The Balaban J connectivity index is 0. The second-order valence-electron chi connectivity index (χ2n) is 11.3. The quantitative estimate of drug-likeness (QED) is 0.0470. The maximum atomic E-state index is 2.37. The molecule has 0 atom stereocenters. The van der Waals surface area contributed by atoms with Gasteiger partial charge in [-0.2, -0.15) is 0 Å². The van der Waals surface area contributed by atoms with Gasteiger partial charge in [0.25, 0.3) is 0 Å². The Kier molecular flexibility index (Phi) is 33.3. The van der Waals surface area contributed by atoms with Crippen molar-refractivity contribution < 1.29 is 24.0 Å². The largest absolute Gasteiger partial charge is 1.00 e. The van der Waals surface area contributed by atoms with Crippen molar-refractivity contribution in [2.24, 2.45) is 0 Å². The first kappa shape index (κ1) is 37.3. The molecule has 0 radical (unpaired) electrons. The number of halogens is 1. The highest BCUT2D eigenvalue weighted by Gasteiger charge is 2.34. The second-order valence-corrected chi connectivity index (χ2v) is 15.8. The van der Waals surface area contributed by atoms with E-state index in [-0.39, 0.29) is 24.0 Å². The fourth-order valence-corrected chi connectivity index (χ4v) is 10.5. The van der Waals surface area contributed by atoms with Crippen molar-refractivity contribution in [3.63, 3.8) is 0 Å². The molecule has 0 aromatic carbocycles. The fourth-order valence-electron chi connectivity index (χ4n) is 5.58. The summed E-state index contributed by atoms with van der Waals surface area (Å²) in [7, 11) is -0.709. The topological polar surface area (TPSA) is 0 Å². The molecule has 0 aromatic rings. The molecule has 0 nitrogen and oxygen atoms in total. The molecule has 0 heterocycles. The Morgan fingerprint density at radius 2 is 0.441 bits per heavy atom. The number of hydrogen-bond acceptors (Lipinski definition) is 0. The van der Waals surface area contributed by atoms with Crippen molar-refractivity contribution in [2.75, 3.05) is 24.6 Å². The molecule has 0 saturated carbocycles. The van der Waals surface area contributed by atoms with Gasteiger partial charge in [-0.05, 0) is 51.4 Å². The summed E-state index contributed by atoms with van der Waals surface area (Å²) in [6.45, 7) is 9.40. The normalized spacial score (nSPS) is 11.6. The van der Waals surface area contributed by atoms with E-state index in [0.717, 1.165) is 0 Å². The lowest BCUT2D eigenvalue weighted by Gasteiger charge is -2.28. The molecule has 34 heavy (non-hydrogen) atoms. The first-order valence-corrected chi connectivity index (χ1v) is 18.6. The van der Waals surface area contributed by atoms with E-state index in [2.05, 4.69) is 27.7 Å². The first-order valence-electron chi connectivity index (χ1n) is 16.1. The van der Waals surface area contributed by atoms with E-state index < -0.39 is 7.26 Å². The lowest BCUT2D eigenvalue weighted by molar-refractivity contribution is -0.00000755. The van der Waals surface area contributed by atoms with E-state index in [1.807, 2.05) is 0 Å². The minimum Gasteiger partial charge on any atom is -1.00 e. The van der Waals surface area contributed by atoms with Gasteiger partial charge in [0.15, 0.2) is 0 Å². The summed E-state index contributed by atoms with van der Waals surface area (Å²) < 4.78 is 0. The van der Waals surface area contributed by atoms with Crippen LogP contribution in [0.15, 0.2) is 0 Å². The van der Waals surface area contributed by atoms with Crippen molar-refractivity contribution in [1.82, 2.24) is 0 Å². The van der Waals surface area contributed by atoms with Crippen molar-refractivity contribution >= 4 is 7.26 Å². The predicted octanol–water partition coefficient (Wildman–Crippen LogP) is 9.45. The zero-order valence-electron chi connectivity index (χ0n) is 24.6. The Hall–Kier alpha value is 1.16. The van der Waals surface area contributed by atoms with Crippen LogP contribution in [0.25, 0.3) is 0 Å². The van der Waals surface area contributed by atoms with Crippen LogP contribution in [0.2, 0.25) is 0 Å². The molecular weight excluding hydrogens is 542 g/mol. The molecule has 208 valence electrons. The fraction of sp³-hybridized carbons (Fsp3) is 1.00. The van der Waals surface area contributed by atoms with Crippen LogP contribution in [0, 0.1) is 0 Å². The molecule has 0 aliphatic heterocycles. The minimum absolute atomic E-state index is 0. The second kappa shape index (κ2) is 30.4. The molecule has 0 N–H and O–H groups in total. The highest BCUT2D eigenvalue weighted by Crippen LogP contribution is 2.61. The van der Waals surface area contributed by atoms with Gasteiger partial charge >= 0.3 is 0 Å². The van der Waals surface area contributed by atoms with E-state index in [9.17, 15) is 0 Å². The smallest absolute Gasteiger partial charge is 0.0594 e. The maximum Gasteiger partial charge on any atom is 0.0594 e. The highest BCUT2D eigenvalue weighted by atomic mass is 127. The SMILES string of the molecule is CCCCCCCCCC[P+](CCCCCC)(CCCCCC)CCCCCCCCCC.[I-]. The molecule has 0 aromatic heterocycles. The molecule has 0 saturated heterocycles. The van der Waals surface area contributed by atoms with Gasteiger partial charge in [-0.15, -0.1) is 0 Å². The summed E-state index contributed by atoms with van der Waals surface area (Å²) >= 11 is 0. The van der Waals surface area contributed by atoms with Crippen LogP contribution in [0.3, 0.4) is 0 Å². The van der Waals surface area contributed by atoms with Crippen LogP contribution < -0.4 is 24.0 Å².